The van der Waals surface area contributed by atoms with E-state index in [4.69, 9.17) is 11.5 Å². The molecule has 1 heterocycles. The molecule has 9 nitrogen and oxygen atoms in total. The summed E-state index contributed by atoms with van der Waals surface area (Å²) in [6.07, 6.45) is 0.296. The number of hydrogen-bond acceptors (Lipinski definition) is 6. The molecule has 0 radical (unpaired) electrons. The molecule has 1 aromatic carbocycles. The molecule has 0 spiro atoms. The molecule has 1 aliphatic rings. The third kappa shape index (κ3) is 6.29. The predicted octanol–water partition coefficient (Wildman–Crippen LogP) is -1.17. The lowest BCUT2D eigenvalue weighted by molar-refractivity contribution is -0.142. The van der Waals surface area contributed by atoms with Crippen molar-refractivity contribution in [1.29, 1.82) is 0 Å². The van der Waals surface area contributed by atoms with E-state index in [0.717, 1.165) is 12.0 Å². The Hall–Kier alpha value is -2.49. The second-order valence-corrected chi connectivity index (χ2v) is 7.14. The third-order valence-corrected chi connectivity index (χ3v) is 4.92. The van der Waals surface area contributed by atoms with Gasteiger partial charge in [-0.05, 0) is 31.4 Å². The van der Waals surface area contributed by atoms with Gasteiger partial charge in [-0.3, -0.25) is 19.3 Å². The van der Waals surface area contributed by atoms with Crippen molar-refractivity contribution >= 4 is 17.8 Å². The summed E-state index contributed by atoms with van der Waals surface area (Å²) in [6, 6.07) is 6.85. The molecule has 2 rings (SSSR count). The number of primary amides is 1. The lowest BCUT2D eigenvalue weighted by Crippen LogP contribution is -2.54. The molecule has 0 bridgehead atoms. The molecule has 1 fully saturated rings. The summed E-state index contributed by atoms with van der Waals surface area (Å²) in [7, 11) is 0. The van der Waals surface area contributed by atoms with Crippen molar-refractivity contribution in [3.63, 3.8) is 0 Å². The van der Waals surface area contributed by atoms with Gasteiger partial charge in [0.2, 0.25) is 11.8 Å². The Morgan fingerprint density at radius 3 is 2.54 bits per heavy atom. The number of rotatable bonds is 10. The summed E-state index contributed by atoms with van der Waals surface area (Å²) >= 11 is 0. The lowest BCUT2D eigenvalue weighted by atomic mass is 9.99. The molecule has 1 saturated heterocycles. The molecule has 1 aliphatic heterocycles. The SMILES string of the molecule is NC(=O)C[C@H](N)C(=O)N[C@@H](Cc1ccccc1)[C@H](O)CN1CCC[C@H]1C(=O)O. The van der Waals surface area contributed by atoms with Crippen molar-refractivity contribution in [3.8, 4) is 0 Å². The van der Waals surface area contributed by atoms with E-state index < -0.39 is 42.0 Å². The normalized spacial score (nSPS) is 20.3. The van der Waals surface area contributed by atoms with Crippen molar-refractivity contribution in [3.05, 3.63) is 35.9 Å². The molecule has 28 heavy (non-hydrogen) atoms. The minimum Gasteiger partial charge on any atom is -0.480 e. The van der Waals surface area contributed by atoms with Crippen LogP contribution in [-0.2, 0) is 20.8 Å². The maximum atomic E-state index is 12.3. The van der Waals surface area contributed by atoms with E-state index in [-0.39, 0.29) is 13.0 Å². The summed E-state index contributed by atoms with van der Waals surface area (Å²) in [5, 5.41) is 22.8. The number of nitrogens with one attached hydrogen (secondary N) is 1. The van der Waals surface area contributed by atoms with Crippen LogP contribution in [0.4, 0.5) is 0 Å². The van der Waals surface area contributed by atoms with Crippen molar-refractivity contribution in [2.24, 2.45) is 11.5 Å². The lowest BCUT2D eigenvalue weighted by Gasteiger charge is -2.30. The van der Waals surface area contributed by atoms with E-state index in [1.165, 1.54) is 0 Å². The standard InChI is InChI=1S/C19H28N4O5/c20-13(10-17(21)25)18(26)22-14(9-12-5-2-1-3-6-12)16(24)11-23-8-4-7-15(23)19(27)28/h1-3,5-6,13-16,24H,4,7-11,20H2,(H2,21,25)(H,22,26)(H,27,28)/t13-,14-,15-,16+/m0/s1. The van der Waals surface area contributed by atoms with E-state index in [2.05, 4.69) is 5.32 Å². The van der Waals surface area contributed by atoms with Crippen LogP contribution in [0, 0.1) is 0 Å². The van der Waals surface area contributed by atoms with E-state index in [9.17, 15) is 24.6 Å². The summed E-state index contributed by atoms with van der Waals surface area (Å²) in [6.45, 7) is 0.682. The highest BCUT2D eigenvalue weighted by atomic mass is 16.4. The highest BCUT2D eigenvalue weighted by Crippen LogP contribution is 2.19. The molecule has 2 amide bonds. The molecule has 0 aliphatic carbocycles. The van der Waals surface area contributed by atoms with Gasteiger partial charge in [0.25, 0.3) is 0 Å². The van der Waals surface area contributed by atoms with E-state index >= 15 is 0 Å². The smallest absolute Gasteiger partial charge is 0.320 e. The Kier molecular flexibility index (Phi) is 7.91. The van der Waals surface area contributed by atoms with Gasteiger partial charge < -0.3 is 27.0 Å². The summed E-state index contributed by atoms with van der Waals surface area (Å²) in [5.74, 6) is -2.20. The first-order valence-corrected chi connectivity index (χ1v) is 9.31. The molecular formula is C19H28N4O5. The molecule has 0 saturated carbocycles. The number of carboxylic acids is 1. The number of nitrogens with zero attached hydrogens (tertiary/aromatic N) is 1. The van der Waals surface area contributed by atoms with Crippen LogP contribution in [0.15, 0.2) is 30.3 Å². The van der Waals surface area contributed by atoms with E-state index in [1.807, 2.05) is 30.3 Å². The molecule has 1 aromatic rings. The van der Waals surface area contributed by atoms with E-state index in [0.29, 0.717) is 19.4 Å². The number of amides is 2. The number of likely N-dealkylation sites (tertiary alicyclic amines) is 1. The Morgan fingerprint density at radius 1 is 1.25 bits per heavy atom. The second kappa shape index (κ2) is 10.2. The summed E-state index contributed by atoms with van der Waals surface area (Å²) in [5.41, 5.74) is 11.7. The number of β-amino-alcohol motifs (C(OH)–C–C–N with tert-alkyl or cyclic N) is 1. The predicted molar refractivity (Wildman–Crippen MR) is 102 cm³/mol. The van der Waals surface area contributed by atoms with Gasteiger partial charge in [0, 0.05) is 6.54 Å². The first-order valence-electron chi connectivity index (χ1n) is 9.31. The fourth-order valence-corrected chi connectivity index (χ4v) is 3.44. The zero-order valence-electron chi connectivity index (χ0n) is 15.7. The number of carbonyl (C=O) groups excluding carboxylic acids is 2. The largest absolute Gasteiger partial charge is 0.480 e. The molecule has 0 unspecified atom stereocenters. The fraction of sp³-hybridized carbons (Fsp3) is 0.526. The molecule has 4 atom stereocenters. The number of benzene rings is 1. The van der Waals surface area contributed by atoms with Gasteiger partial charge in [-0.25, -0.2) is 0 Å². The maximum Gasteiger partial charge on any atom is 0.320 e. The van der Waals surface area contributed by atoms with Crippen LogP contribution in [0.25, 0.3) is 0 Å². The fourth-order valence-electron chi connectivity index (χ4n) is 3.44. The van der Waals surface area contributed by atoms with Crippen molar-refractivity contribution in [2.75, 3.05) is 13.1 Å². The Labute approximate surface area is 163 Å². The number of carboxylic acid groups (broad SMARTS) is 1. The van der Waals surface area contributed by atoms with Crippen LogP contribution in [-0.4, -0.2) is 70.2 Å². The number of aliphatic hydroxyl groups excluding tert-OH is 1. The molecule has 9 heteroatoms. The van der Waals surface area contributed by atoms with Gasteiger partial charge in [-0.2, -0.15) is 0 Å². The minimum absolute atomic E-state index is 0.111. The number of aliphatic carboxylic acids is 1. The topological polar surface area (TPSA) is 159 Å². The first-order chi connectivity index (χ1) is 13.3. The van der Waals surface area contributed by atoms with Crippen molar-refractivity contribution in [1.82, 2.24) is 10.2 Å². The Bertz CT molecular complexity index is 684. The van der Waals surface area contributed by atoms with Gasteiger partial charge in [0.1, 0.15) is 6.04 Å². The van der Waals surface area contributed by atoms with Crippen LogP contribution in [0.5, 0.6) is 0 Å². The van der Waals surface area contributed by atoms with Crippen molar-refractivity contribution in [2.45, 2.75) is 49.9 Å². The van der Waals surface area contributed by atoms with Gasteiger partial charge >= 0.3 is 5.97 Å². The van der Waals surface area contributed by atoms with Gasteiger partial charge in [0.05, 0.1) is 24.6 Å². The van der Waals surface area contributed by atoms with Crippen LogP contribution in [0.2, 0.25) is 0 Å². The zero-order valence-corrected chi connectivity index (χ0v) is 15.7. The maximum absolute atomic E-state index is 12.3. The average molecular weight is 392 g/mol. The number of aliphatic hydroxyl groups is 1. The molecule has 7 N–H and O–H groups in total. The van der Waals surface area contributed by atoms with Crippen LogP contribution >= 0.6 is 0 Å². The quantitative estimate of drug-likeness (QED) is 0.335. The highest BCUT2D eigenvalue weighted by molar-refractivity contribution is 5.87. The highest BCUT2D eigenvalue weighted by Gasteiger charge is 2.34. The van der Waals surface area contributed by atoms with Crippen molar-refractivity contribution < 1.29 is 24.6 Å². The van der Waals surface area contributed by atoms with E-state index in [1.54, 1.807) is 4.90 Å². The Morgan fingerprint density at radius 2 is 1.93 bits per heavy atom. The minimum atomic E-state index is -1.11. The average Bonchev–Trinajstić information content (AvgIpc) is 3.09. The number of hydrogen-bond donors (Lipinski definition) is 5. The van der Waals surface area contributed by atoms with Crippen LogP contribution in [0.1, 0.15) is 24.8 Å². The molecule has 154 valence electrons. The van der Waals surface area contributed by atoms with Gasteiger partial charge in [-0.15, -0.1) is 0 Å². The summed E-state index contributed by atoms with van der Waals surface area (Å²) in [4.78, 5) is 36.4. The second-order valence-electron chi connectivity index (χ2n) is 7.14. The zero-order chi connectivity index (χ0) is 20.7. The first kappa shape index (κ1) is 21.8. The molecule has 0 aromatic heterocycles. The number of nitrogens with two attached hydrogens (primary N) is 2. The van der Waals surface area contributed by atoms with Crippen LogP contribution in [0.3, 0.4) is 0 Å². The Balaban J connectivity index is 2.09. The monoisotopic (exact) mass is 392 g/mol. The van der Waals surface area contributed by atoms with Gasteiger partial charge in [0.15, 0.2) is 0 Å². The molecular weight excluding hydrogens is 364 g/mol. The number of carbonyl (C=O) groups is 3. The summed E-state index contributed by atoms with van der Waals surface area (Å²) < 4.78 is 0. The van der Waals surface area contributed by atoms with Crippen LogP contribution < -0.4 is 16.8 Å². The third-order valence-electron chi connectivity index (χ3n) is 4.92. The van der Waals surface area contributed by atoms with Gasteiger partial charge in [-0.1, -0.05) is 30.3 Å².